The Morgan fingerprint density at radius 1 is 1.33 bits per heavy atom. The summed E-state index contributed by atoms with van der Waals surface area (Å²) in [5.41, 5.74) is 1.95. The summed E-state index contributed by atoms with van der Waals surface area (Å²) in [5.74, 6) is 0.845. The van der Waals surface area contributed by atoms with Gasteiger partial charge in [-0.15, -0.1) is 0 Å². The highest BCUT2D eigenvalue weighted by molar-refractivity contribution is 5.58. The quantitative estimate of drug-likeness (QED) is 0.908. The molecule has 1 fully saturated rings. The predicted octanol–water partition coefficient (Wildman–Crippen LogP) is 1.76. The minimum Gasteiger partial charge on any atom is -0.374 e. The Kier molecular flexibility index (Phi) is 4.65. The van der Waals surface area contributed by atoms with Gasteiger partial charge in [-0.2, -0.15) is 0 Å². The van der Waals surface area contributed by atoms with Crippen molar-refractivity contribution >= 4 is 0 Å². The molecule has 1 atom stereocenters. The summed E-state index contributed by atoms with van der Waals surface area (Å²) >= 11 is 0. The van der Waals surface area contributed by atoms with Gasteiger partial charge in [-0.05, 0) is 7.05 Å². The number of morpholine rings is 1. The summed E-state index contributed by atoms with van der Waals surface area (Å²) in [6, 6.07) is 12.0. The molecule has 112 valence electrons. The molecule has 3 rings (SSSR count). The van der Waals surface area contributed by atoms with Crippen molar-refractivity contribution in [2.75, 3.05) is 33.3 Å². The Labute approximate surface area is 124 Å². The predicted molar refractivity (Wildman–Crippen MR) is 80.9 cm³/mol. The lowest BCUT2D eigenvalue weighted by atomic mass is 10.1. The van der Waals surface area contributed by atoms with E-state index in [9.17, 15) is 0 Å². The van der Waals surface area contributed by atoms with E-state index in [0.717, 1.165) is 43.3 Å². The molecule has 1 aliphatic rings. The zero-order valence-electron chi connectivity index (χ0n) is 12.3. The van der Waals surface area contributed by atoms with Gasteiger partial charge < -0.3 is 19.5 Å². The van der Waals surface area contributed by atoms with Crippen LogP contribution in [0.5, 0.6) is 0 Å². The molecule has 1 N–H and O–H groups in total. The van der Waals surface area contributed by atoms with Crippen LogP contribution in [0.25, 0.3) is 11.3 Å². The van der Waals surface area contributed by atoms with Crippen LogP contribution in [-0.2, 0) is 11.3 Å². The lowest BCUT2D eigenvalue weighted by molar-refractivity contribution is -0.0184. The fraction of sp³-hybridized carbons (Fsp3) is 0.438. The summed E-state index contributed by atoms with van der Waals surface area (Å²) < 4.78 is 11.1. The highest BCUT2D eigenvalue weighted by atomic mass is 16.5. The van der Waals surface area contributed by atoms with Crippen molar-refractivity contribution in [3.8, 4) is 11.3 Å². The Balaban J connectivity index is 1.49. The van der Waals surface area contributed by atoms with E-state index in [1.165, 1.54) is 0 Å². The van der Waals surface area contributed by atoms with E-state index < -0.39 is 0 Å². The Morgan fingerprint density at radius 2 is 2.19 bits per heavy atom. The molecule has 2 aromatic rings. The first kappa shape index (κ1) is 14.3. The third-order valence-corrected chi connectivity index (χ3v) is 3.64. The van der Waals surface area contributed by atoms with Crippen molar-refractivity contribution in [1.82, 2.24) is 15.4 Å². The molecule has 1 saturated heterocycles. The molecule has 0 spiro atoms. The highest BCUT2D eigenvalue weighted by Gasteiger charge is 2.17. The second-order valence-electron chi connectivity index (χ2n) is 5.43. The van der Waals surface area contributed by atoms with Gasteiger partial charge in [-0.25, -0.2) is 0 Å². The summed E-state index contributed by atoms with van der Waals surface area (Å²) in [7, 11) is 2.12. The molecule has 2 heterocycles. The van der Waals surface area contributed by atoms with Crippen molar-refractivity contribution < 1.29 is 9.26 Å². The molecular weight excluding hydrogens is 266 g/mol. The number of aromatic nitrogens is 1. The van der Waals surface area contributed by atoms with Gasteiger partial charge in [0.05, 0.1) is 19.3 Å². The Hall–Kier alpha value is -1.69. The molecule has 21 heavy (non-hydrogen) atoms. The normalized spacial score (nSPS) is 19.8. The minimum absolute atomic E-state index is 0.250. The molecule has 0 saturated carbocycles. The van der Waals surface area contributed by atoms with E-state index in [0.29, 0.717) is 6.54 Å². The molecule has 0 amide bonds. The van der Waals surface area contributed by atoms with Gasteiger partial charge >= 0.3 is 0 Å². The number of nitrogens with zero attached hydrogens (tertiary/aromatic N) is 2. The Morgan fingerprint density at radius 3 is 3.00 bits per heavy atom. The van der Waals surface area contributed by atoms with E-state index in [-0.39, 0.29) is 6.10 Å². The molecule has 5 heteroatoms. The number of rotatable bonds is 5. The standard InChI is InChI=1S/C16H21N3O2/c1-19-7-8-20-15(12-19)11-17-10-14-9-16(18-21-14)13-5-3-2-4-6-13/h2-6,9,15,17H,7-8,10-12H2,1H3/t15-/m1/s1. The van der Waals surface area contributed by atoms with Gasteiger partial charge in [-0.3, -0.25) is 0 Å². The number of nitrogens with one attached hydrogen (secondary N) is 1. The molecule has 0 unspecified atom stereocenters. The van der Waals surface area contributed by atoms with Gasteiger partial charge in [-0.1, -0.05) is 35.5 Å². The number of likely N-dealkylation sites (N-methyl/N-ethyl adjacent to an activating group) is 1. The summed E-state index contributed by atoms with van der Waals surface area (Å²) in [5, 5.41) is 7.48. The highest BCUT2D eigenvalue weighted by Crippen LogP contribution is 2.18. The van der Waals surface area contributed by atoms with Gasteiger partial charge in [0.1, 0.15) is 5.69 Å². The molecule has 0 radical (unpaired) electrons. The second kappa shape index (κ2) is 6.85. The molecule has 0 bridgehead atoms. The Bertz CT molecular complexity index is 556. The fourth-order valence-corrected chi connectivity index (χ4v) is 2.49. The average Bonchev–Trinajstić information content (AvgIpc) is 2.97. The SMILES string of the molecule is CN1CCO[C@H](CNCc2cc(-c3ccccc3)no2)C1. The zero-order chi connectivity index (χ0) is 14.5. The maximum Gasteiger partial charge on any atom is 0.151 e. The second-order valence-corrected chi connectivity index (χ2v) is 5.43. The van der Waals surface area contributed by atoms with E-state index in [4.69, 9.17) is 9.26 Å². The first-order valence-electron chi connectivity index (χ1n) is 7.33. The van der Waals surface area contributed by atoms with E-state index in [1.54, 1.807) is 0 Å². The van der Waals surface area contributed by atoms with Crippen molar-refractivity contribution in [1.29, 1.82) is 0 Å². The first-order chi connectivity index (χ1) is 10.3. The van der Waals surface area contributed by atoms with Crippen LogP contribution in [0.15, 0.2) is 40.9 Å². The van der Waals surface area contributed by atoms with Crippen LogP contribution in [0.3, 0.4) is 0 Å². The van der Waals surface area contributed by atoms with Gasteiger partial charge in [0.2, 0.25) is 0 Å². The van der Waals surface area contributed by atoms with Gasteiger partial charge in [0.25, 0.3) is 0 Å². The van der Waals surface area contributed by atoms with Crippen LogP contribution >= 0.6 is 0 Å². The third-order valence-electron chi connectivity index (χ3n) is 3.64. The van der Waals surface area contributed by atoms with Crippen molar-refractivity contribution in [2.45, 2.75) is 12.6 Å². The molecule has 0 aliphatic carbocycles. The topological polar surface area (TPSA) is 50.5 Å². The minimum atomic E-state index is 0.250. The largest absolute Gasteiger partial charge is 0.374 e. The van der Waals surface area contributed by atoms with Crippen LogP contribution in [0.1, 0.15) is 5.76 Å². The van der Waals surface area contributed by atoms with Crippen LogP contribution in [0, 0.1) is 0 Å². The lowest BCUT2D eigenvalue weighted by Crippen LogP contribution is -2.44. The molecule has 1 aromatic carbocycles. The lowest BCUT2D eigenvalue weighted by Gasteiger charge is -2.30. The van der Waals surface area contributed by atoms with E-state index >= 15 is 0 Å². The maximum absolute atomic E-state index is 5.71. The maximum atomic E-state index is 5.71. The number of benzene rings is 1. The fourth-order valence-electron chi connectivity index (χ4n) is 2.49. The van der Waals surface area contributed by atoms with Crippen LogP contribution in [0.4, 0.5) is 0 Å². The van der Waals surface area contributed by atoms with E-state index in [1.807, 2.05) is 36.4 Å². The average molecular weight is 287 g/mol. The summed E-state index contributed by atoms with van der Waals surface area (Å²) in [4.78, 5) is 2.29. The van der Waals surface area contributed by atoms with Crippen molar-refractivity contribution in [3.05, 3.63) is 42.2 Å². The molecule has 1 aliphatic heterocycles. The number of hydrogen-bond acceptors (Lipinski definition) is 5. The first-order valence-corrected chi connectivity index (χ1v) is 7.33. The number of hydrogen-bond donors (Lipinski definition) is 1. The van der Waals surface area contributed by atoms with Crippen molar-refractivity contribution in [3.63, 3.8) is 0 Å². The number of ether oxygens (including phenoxy) is 1. The van der Waals surface area contributed by atoms with Crippen LogP contribution in [0.2, 0.25) is 0 Å². The molecular formula is C16H21N3O2. The van der Waals surface area contributed by atoms with Gasteiger partial charge in [0, 0.05) is 31.3 Å². The smallest absolute Gasteiger partial charge is 0.151 e. The van der Waals surface area contributed by atoms with Crippen LogP contribution < -0.4 is 5.32 Å². The molecule has 5 nitrogen and oxygen atoms in total. The van der Waals surface area contributed by atoms with Crippen molar-refractivity contribution in [2.24, 2.45) is 0 Å². The van der Waals surface area contributed by atoms with Gasteiger partial charge in [0.15, 0.2) is 5.76 Å². The third kappa shape index (κ3) is 3.91. The zero-order valence-corrected chi connectivity index (χ0v) is 12.3. The monoisotopic (exact) mass is 287 g/mol. The van der Waals surface area contributed by atoms with E-state index in [2.05, 4.69) is 22.4 Å². The summed E-state index contributed by atoms with van der Waals surface area (Å²) in [6.07, 6.45) is 0.250. The van der Waals surface area contributed by atoms with Crippen LogP contribution in [-0.4, -0.2) is 49.4 Å². The molecule has 1 aromatic heterocycles. The summed E-state index contributed by atoms with van der Waals surface area (Å²) in [6.45, 7) is 4.29.